The van der Waals surface area contributed by atoms with Crippen molar-refractivity contribution in [3.05, 3.63) is 0 Å². The average Bonchev–Trinajstić information content (AvgIpc) is 2.31. The molecule has 0 aliphatic heterocycles. The van der Waals surface area contributed by atoms with Crippen molar-refractivity contribution in [2.24, 2.45) is 0 Å². The van der Waals surface area contributed by atoms with Crippen molar-refractivity contribution in [1.82, 2.24) is 0 Å². The van der Waals surface area contributed by atoms with Gasteiger partial charge in [0.2, 0.25) is 0 Å². The molecule has 0 aliphatic rings. The smallest absolute Gasteiger partial charge is 0.122 e. The van der Waals surface area contributed by atoms with Crippen molar-refractivity contribution in [1.29, 1.82) is 0 Å². The summed E-state index contributed by atoms with van der Waals surface area (Å²) in [4.78, 5) is 9.99. The lowest BCUT2D eigenvalue weighted by Crippen LogP contribution is -2.00. The van der Waals surface area contributed by atoms with Crippen molar-refractivity contribution in [3.63, 3.8) is 0 Å². The zero-order valence-corrected chi connectivity index (χ0v) is 10.6. The van der Waals surface area contributed by atoms with E-state index < -0.39 is 0 Å². The highest BCUT2D eigenvalue weighted by atomic mass is 16.5. The van der Waals surface area contributed by atoms with Crippen LogP contribution in [-0.2, 0) is 14.3 Å². The first-order valence-electron chi connectivity index (χ1n) is 6.51. The average molecular weight is 230 g/mol. The van der Waals surface area contributed by atoms with Crippen molar-refractivity contribution >= 4 is 6.29 Å². The monoisotopic (exact) mass is 230 g/mol. The number of hydrogen-bond donors (Lipinski definition) is 0. The summed E-state index contributed by atoms with van der Waals surface area (Å²) in [5.74, 6) is 0. The Morgan fingerprint density at radius 3 is 1.94 bits per heavy atom. The summed E-state index contributed by atoms with van der Waals surface area (Å²) >= 11 is 0. The topological polar surface area (TPSA) is 35.5 Å². The molecule has 0 aromatic carbocycles. The lowest BCUT2D eigenvalue weighted by Gasteiger charge is -2.04. The predicted molar refractivity (Wildman–Crippen MR) is 65.7 cm³/mol. The Kier molecular flexibility index (Phi) is 14.2. The lowest BCUT2D eigenvalue weighted by molar-refractivity contribution is -0.108. The quantitative estimate of drug-likeness (QED) is 0.360. The van der Waals surface area contributed by atoms with Crippen molar-refractivity contribution in [2.75, 3.05) is 26.4 Å². The highest BCUT2D eigenvalue weighted by Gasteiger charge is 1.92. The van der Waals surface area contributed by atoms with Crippen LogP contribution in [0.4, 0.5) is 0 Å². The maximum absolute atomic E-state index is 9.99. The minimum absolute atomic E-state index is 0.514. The summed E-state index contributed by atoms with van der Waals surface area (Å²) in [6, 6.07) is 0. The third kappa shape index (κ3) is 13.6. The van der Waals surface area contributed by atoms with Crippen molar-refractivity contribution < 1.29 is 14.3 Å². The largest absolute Gasteiger partial charge is 0.381 e. The van der Waals surface area contributed by atoms with Gasteiger partial charge in [-0.3, -0.25) is 0 Å². The van der Waals surface area contributed by atoms with Crippen LogP contribution in [0.1, 0.15) is 51.9 Å². The summed E-state index contributed by atoms with van der Waals surface area (Å²) in [6.07, 6.45) is 8.44. The van der Waals surface area contributed by atoms with E-state index in [1.807, 2.05) is 0 Å². The number of carbonyl (C=O) groups is 1. The minimum Gasteiger partial charge on any atom is -0.381 e. The number of rotatable bonds is 13. The molecule has 0 unspecified atom stereocenters. The molecule has 0 spiro atoms. The normalized spacial score (nSPS) is 10.6. The van der Waals surface area contributed by atoms with Crippen molar-refractivity contribution in [3.8, 4) is 0 Å². The molecule has 0 aromatic heterocycles. The molecule has 0 fully saturated rings. The van der Waals surface area contributed by atoms with Crippen LogP contribution >= 0.6 is 0 Å². The van der Waals surface area contributed by atoms with Crippen molar-refractivity contribution in [2.45, 2.75) is 51.9 Å². The second-order valence-electron chi connectivity index (χ2n) is 3.95. The van der Waals surface area contributed by atoms with Gasteiger partial charge in [-0.05, 0) is 25.7 Å². The van der Waals surface area contributed by atoms with Crippen LogP contribution in [0.15, 0.2) is 0 Å². The van der Waals surface area contributed by atoms with E-state index in [2.05, 4.69) is 6.92 Å². The first-order valence-corrected chi connectivity index (χ1v) is 6.51. The third-order valence-electron chi connectivity index (χ3n) is 2.35. The van der Waals surface area contributed by atoms with Crippen LogP contribution in [-0.4, -0.2) is 32.7 Å². The van der Waals surface area contributed by atoms with Crippen LogP contribution in [0.25, 0.3) is 0 Å². The summed E-state index contributed by atoms with van der Waals surface area (Å²) < 4.78 is 10.8. The number of unbranched alkanes of at least 4 members (excludes halogenated alkanes) is 4. The molecule has 0 rings (SSSR count). The van der Waals surface area contributed by atoms with Gasteiger partial charge in [0.05, 0.1) is 6.61 Å². The maximum Gasteiger partial charge on any atom is 0.122 e. The standard InChI is InChI=1S/C13H26O3/c1-2-3-5-10-15-11-6-4-7-12-16-13-8-9-14/h9H,2-8,10-13H2,1H3. The number of carbonyl (C=O) groups excluding carboxylic acids is 1. The fraction of sp³-hybridized carbons (Fsp3) is 0.923. The van der Waals surface area contributed by atoms with Crippen LogP contribution in [0.3, 0.4) is 0 Å². The molecule has 3 heteroatoms. The van der Waals surface area contributed by atoms with Gasteiger partial charge < -0.3 is 14.3 Å². The van der Waals surface area contributed by atoms with Crippen LogP contribution in [0, 0.1) is 0 Å². The van der Waals surface area contributed by atoms with Gasteiger partial charge in [-0.25, -0.2) is 0 Å². The number of ether oxygens (including phenoxy) is 2. The van der Waals surface area contributed by atoms with E-state index in [-0.39, 0.29) is 0 Å². The molecule has 96 valence electrons. The fourth-order valence-corrected chi connectivity index (χ4v) is 1.37. The van der Waals surface area contributed by atoms with Crippen LogP contribution in [0.5, 0.6) is 0 Å². The second kappa shape index (κ2) is 14.6. The Bertz CT molecular complexity index is 137. The van der Waals surface area contributed by atoms with E-state index >= 15 is 0 Å². The molecule has 0 atom stereocenters. The summed E-state index contributed by atoms with van der Waals surface area (Å²) in [5, 5.41) is 0. The Morgan fingerprint density at radius 2 is 1.38 bits per heavy atom. The van der Waals surface area contributed by atoms with E-state index in [0.717, 1.165) is 45.4 Å². The molecular weight excluding hydrogens is 204 g/mol. The SMILES string of the molecule is CCCCCOCCCCCOCCC=O. The number of hydrogen-bond acceptors (Lipinski definition) is 3. The summed E-state index contributed by atoms with van der Waals surface area (Å²) in [7, 11) is 0. The van der Waals surface area contributed by atoms with E-state index in [9.17, 15) is 4.79 Å². The maximum atomic E-state index is 9.99. The van der Waals surface area contributed by atoms with Crippen LogP contribution < -0.4 is 0 Å². The fourth-order valence-electron chi connectivity index (χ4n) is 1.37. The Labute approximate surface area is 99.5 Å². The Morgan fingerprint density at radius 1 is 0.812 bits per heavy atom. The molecule has 0 bridgehead atoms. The summed E-state index contributed by atoms with van der Waals surface area (Å²) in [5.41, 5.74) is 0. The zero-order chi connectivity index (χ0) is 11.9. The molecule has 0 N–H and O–H groups in total. The van der Waals surface area contributed by atoms with Gasteiger partial charge in [0, 0.05) is 26.2 Å². The molecule has 0 heterocycles. The molecule has 0 saturated carbocycles. The van der Waals surface area contributed by atoms with E-state index in [4.69, 9.17) is 9.47 Å². The molecule has 16 heavy (non-hydrogen) atoms. The second-order valence-corrected chi connectivity index (χ2v) is 3.95. The van der Waals surface area contributed by atoms with Gasteiger partial charge in [0.25, 0.3) is 0 Å². The van der Waals surface area contributed by atoms with Gasteiger partial charge in [-0.2, -0.15) is 0 Å². The molecule has 0 amide bonds. The molecule has 3 nitrogen and oxygen atoms in total. The van der Waals surface area contributed by atoms with Gasteiger partial charge in [0.1, 0.15) is 6.29 Å². The highest BCUT2D eigenvalue weighted by Crippen LogP contribution is 1.99. The lowest BCUT2D eigenvalue weighted by atomic mass is 10.2. The Balaban J connectivity index is 2.85. The number of aldehydes is 1. The van der Waals surface area contributed by atoms with Gasteiger partial charge in [-0.1, -0.05) is 19.8 Å². The zero-order valence-electron chi connectivity index (χ0n) is 10.6. The first kappa shape index (κ1) is 15.6. The Hall–Kier alpha value is -0.410. The molecule has 0 aromatic rings. The van der Waals surface area contributed by atoms with Gasteiger partial charge in [0.15, 0.2) is 0 Å². The van der Waals surface area contributed by atoms with E-state index in [1.54, 1.807) is 0 Å². The summed E-state index contributed by atoms with van der Waals surface area (Å²) in [6.45, 7) is 5.31. The molecule has 0 aliphatic carbocycles. The minimum atomic E-state index is 0.514. The van der Waals surface area contributed by atoms with E-state index in [0.29, 0.717) is 13.0 Å². The van der Waals surface area contributed by atoms with Crippen LogP contribution in [0.2, 0.25) is 0 Å². The molecule has 0 radical (unpaired) electrons. The predicted octanol–water partition coefficient (Wildman–Crippen LogP) is 2.97. The van der Waals surface area contributed by atoms with E-state index in [1.165, 1.54) is 19.3 Å². The molecule has 0 saturated heterocycles. The third-order valence-corrected chi connectivity index (χ3v) is 2.35. The van der Waals surface area contributed by atoms with Gasteiger partial charge in [-0.15, -0.1) is 0 Å². The first-order chi connectivity index (χ1) is 7.91. The van der Waals surface area contributed by atoms with Gasteiger partial charge >= 0.3 is 0 Å². The highest BCUT2D eigenvalue weighted by molar-refractivity contribution is 5.49. The molecular formula is C13H26O3.